The Labute approximate surface area is 76.9 Å². The molecule has 13 heavy (non-hydrogen) atoms. The van der Waals surface area contributed by atoms with Crippen LogP contribution in [0.5, 0.6) is 0 Å². The maximum atomic E-state index is 10.9. The Hall–Kier alpha value is -1.32. The normalized spacial score (nSPS) is 22.8. The van der Waals surface area contributed by atoms with E-state index in [1.165, 1.54) is 0 Å². The molecule has 1 N–H and O–H groups in total. The molecule has 1 amide bonds. The summed E-state index contributed by atoms with van der Waals surface area (Å²) in [6.07, 6.45) is 2.95. The fourth-order valence-electron chi connectivity index (χ4n) is 1.22. The highest BCUT2D eigenvalue weighted by atomic mass is 16.5. The second-order valence-electron chi connectivity index (χ2n) is 2.96. The summed E-state index contributed by atoms with van der Waals surface area (Å²) >= 11 is 0. The molecule has 1 aliphatic rings. The summed E-state index contributed by atoms with van der Waals surface area (Å²) in [5, 5.41) is 2.67. The van der Waals surface area contributed by atoms with Crippen LogP contribution in [0.15, 0.2) is 12.7 Å². The van der Waals surface area contributed by atoms with Gasteiger partial charge in [-0.05, 0) is 12.8 Å². The maximum absolute atomic E-state index is 10.9. The molecule has 0 aromatic heterocycles. The van der Waals surface area contributed by atoms with E-state index in [-0.39, 0.29) is 12.0 Å². The average Bonchev–Trinajstić information content (AvgIpc) is 2.31. The van der Waals surface area contributed by atoms with Crippen molar-refractivity contribution in [1.82, 2.24) is 5.32 Å². The topological polar surface area (TPSA) is 55.4 Å². The van der Waals surface area contributed by atoms with Crippen molar-refractivity contribution in [3.8, 4) is 0 Å². The molecule has 0 radical (unpaired) electrons. The fourth-order valence-corrected chi connectivity index (χ4v) is 1.22. The molecule has 0 aromatic carbocycles. The highest BCUT2D eigenvalue weighted by molar-refractivity contribution is 5.81. The zero-order chi connectivity index (χ0) is 9.68. The van der Waals surface area contributed by atoms with Gasteiger partial charge in [0.1, 0.15) is 6.10 Å². The largest absolute Gasteiger partial charge is 0.457 e. The van der Waals surface area contributed by atoms with Crippen LogP contribution >= 0.6 is 0 Å². The molecular formula is C9H13NO3. The van der Waals surface area contributed by atoms with E-state index in [0.717, 1.165) is 18.9 Å². The molecule has 1 saturated heterocycles. The van der Waals surface area contributed by atoms with Crippen LogP contribution in [0.4, 0.5) is 0 Å². The summed E-state index contributed by atoms with van der Waals surface area (Å²) in [5.41, 5.74) is 0. The number of nitrogens with one attached hydrogen (secondary N) is 1. The van der Waals surface area contributed by atoms with Crippen LogP contribution in [-0.4, -0.2) is 24.5 Å². The summed E-state index contributed by atoms with van der Waals surface area (Å²) in [5.74, 6) is -0.404. The van der Waals surface area contributed by atoms with Crippen molar-refractivity contribution in [1.29, 1.82) is 0 Å². The van der Waals surface area contributed by atoms with Crippen molar-refractivity contribution in [2.24, 2.45) is 0 Å². The number of amides is 1. The van der Waals surface area contributed by atoms with E-state index < -0.39 is 5.97 Å². The van der Waals surface area contributed by atoms with Crippen LogP contribution in [-0.2, 0) is 14.3 Å². The molecule has 1 fully saturated rings. The number of hydrogen-bond acceptors (Lipinski definition) is 3. The van der Waals surface area contributed by atoms with E-state index >= 15 is 0 Å². The number of carbonyl (C=O) groups excluding carboxylic acids is 2. The van der Waals surface area contributed by atoms with E-state index in [1.807, 2.05) is 0 Å². The van der Waals surface area contributed by atoms with Crippen molar-refractivity contribution >= 4 is 11.9 Å². The number of carbonyl (C=O) groups is 2. The number of rotatable bonds is 2. The number of hydrogen-bond donors (Lipinski definition) is 1. The molecule has 1 heterocycles. The summed E-state index contributed by atoms with van der Waals surface area (Å²) < 4.78 is 5.00. The van der Waals surface area contributed by atoms with Gasteiger partial charge < -0.3 is 10.1 Å². The zero-order valence-corrected chi connectivity index (χ0v) is 7.41. The van der Waals surface area contributed by atoms with Gasteiger partial charge in [-0.15, -0.1) is 0 Å². The summed E-state index contributed by atoms with van der Waals surface area (Å²) in [6, 6.07) is 0. The molecule has 0 spiro atoms. The van der Waals surface area contributed by atoms with Gasteiger partial charge in [0.05, 0.1) is 6.54 Å². The first kappa shape index (κ1) is 9.77. The van der Waals surface area contributed by atoms with Crippen molar-refractivity contribution in [2.75, 3.05) is 6.54 Å². The highest BCUT2D eigenvalue weighted by Crippen LogP contribution is 2.08. The minimum atomic E-state index is -0.429. The lowest BCUT2D eigenvalue weighted by atomic mass is 10.2. The molecule has 4 nitrogen and oxygen atoms in total. The highest BCUT2D eigenvalue weighted by Gasteiger charge is 2.17. The SMILES string of the molecule is C=CC(=O)OC1CCCC(=O)NC1. The molecule has 1 rings (SSSR count). The smallest absolute Gasteiger partial charge is 0.330 e. The number of ether oxygens (including phenoxy) is 1. The van der Waals surface area contributed by atoms with Gasteiger partial charge in [0.2, 0.25) is 5.91 Å². The third-order valence-electron chi connectivity index (χ3n) is 1.91. The third-order valence-corrected chi connectivity index (χ3v) is 1.91. The van der Waals surface area contributed by atoms with Crippen LogP contribution in [0.25, 0.3) is 0 Å². The first-order valence-corrected chi connectivity index (χ1v) is 4.32. The predicted molar refractivity (Wildman–Crippen MR) is 46.9 cm³/mol. The molecule has 1 aliphatic heterocycles. The van der Waals surface area contributed by atoms with E-state index in [2.05, 4.69) is 11.9 Å². The van der Waals surface area contributed by atoms with Gasteiger partial charge >= 0.3 is 5.97 Å². The summed E-state index contributed by atoms with van der Waals surface area (Å²) in [7, 11) is 0. The summed E-state index contributed by atoms with van der Waals surface area (Å²) in [6.45, 7) is 3.72. The fraction of sp³-hybridized carbons (Fsp3) is 0.556. The second-order valence-corrected chi connectivity index (χ2v) is 2.96. The second kappa shape index (κ2) is 4.64. The van der Waals surface area contributed by atoms with E-state index in [4.69, 9.17) is 4.74 Å². The minimum absolute atomic E-state index is 0.0251. The molecule has 4 heteroatoms. The van der Waals surface area contributed by atoms with Crippen LogP contribution in [0.2, 0.25) is 0 Å². The first-order chi connectivity index (χ1) is 6.22. The summed E-state index contributed by atoms with van der Waals surface area (Å²) in [4.78, 5) is 21.7. The van der Waals surface area contributed by atoms with E-state index in [0.29, 0.717) is 13.0 Å². The van der Waals surface area contributed by atoms with Gasteiger partial charge in [-0.2, -0.15) is 0 Å². The first-order valence-electron chi connectivity index (χ1n) is 4.32. The molecule has 0 bridgehead atoms. The Balaban J connectivity index is 2.37. The van der Waals surface area contributed by atoms with Gasteiger partial charge in [-0.25, -0.2) is 4.79 Å². The van der Waals surface area contributed by atoms with Gasteiger partial charge in [0.15, 0.2) is 0 Å². The molecular weight excluding hydrogens is 170 g/mol. The predicted octanol–water partition coefficient (Wildman–Crippen LogP) is 0.384. The van der Waals surface area contributed by atoms with E-state index in [1.54, 1.807) is 0 Å². The molecule has 72 valence electrons. The van der Waals surface area contributed by atoms with Crippen molar-refractivity contribution in [2.45, 2.75) is 25.4 Å². The van der Waals surface area contributed by atoms with Gasteiger partial charge in [0.25, 0.3) is 0 Å². The van der Waals surface area contributed by atoms with Crippen molar-refractivity contribution in [3.05, 3.63) is 12.7 Å². The molecule has 0 aliphatic carbocycles. The Morgan fingerprint density at radius 2 is 2.46 bits per heavy atom. The molecule has 1 atom stereocenters. The Morgan fingerprint density at radius 1 is 1.69 bits per heavy atom. The number of esters is 1. The van der Waals surface area contributed by atoms with Gasteiger partial charge in [-0.1, -0.05) is 6.58 Å². The van der Waals surface area contributed by atoms with Gasteiger partial charge in [0, 0.05) is 12.5 Å². The lowest BCUT2D eigenvalue weighted by Crippen LogP contribution is -2.31. The zero-order valence-electron chi connectivity index (χ0n) is 7.41. The molecule has 1 unspecified atom stereocenters. The lowest BCUT2D eigenvalue weighted by Gasteiger charge is -2.13. The monoisotopic (exact) mass is 183 g/mol. The maximum Gasteiger partial charge on any atom is 0.330 e. The van der Waals surface area contributed by atoms with Crippen LogP contribution in [0.1, 0.15) is 19.3 Å². The van der Waals surface area contributed by atoms with Crippen molar-refractivity contribution < 1.29 is 14.3 Å². The Morgan fingerprint density at radius 3 is 3.15 bits per heavy atom. The van der Waals surface area contributed by atoms with Crippen molar-refractivity contribution in [3.63, 3.8) is 0 Å². The lowest BCUT2D eigenvalue weighted by molar-refractivity contribution is -0.143. The minimum Gasteiger partial charge on any atom is -0.457 e. The van der Waals surface area contributed by atoms with Crippen LogP contribution in [0.3, 0.4) is 0 Å². The third kappa shape index (κ3) is 3.27. The van der Waals surface area contributed by atoms with E-state index in [9.17, 15) is 9.59 Å². The van der Waals surface area contributed by atoms with Crippen LogP contribution < -0.4 is 5.32 Å². The molecule has 0 aromatic rings. The van der Waals surface area contributed by atoms with Crippen LogP contribution in [0, 0.1) is 0 Å². The average molecular weight is 183 g/mol. The Bertz CT molecular complexity index is 225. The molecule has 0 saturated carbocycles. The van der Waals surface area contributed by atoms with Gasteiger partial charge in [-0.3, -0.25) is 4.79 Å². The Kier molecular flexibility index (Phi) is 3.49. The quantitative estimate of drug-likeness (QED) is 0.497. The standard InChI is InChI=1S/C9H13NO3/c1-2-9(12)13-7-4-3-5-8(11)10-6-7/h2,7H,1,3-6H2,(H,10,11).